The molecule has 0 atom stereocenters. The van der Waals surface area contributed by atoms with E-state index in [1.165, 1.54) is 0 Å². The molecule has 0 saturated heterocycles. The van der Waals surface area contributed by atoms with Gasteiger partial charge in [0.05, 0.1) is 22.3 Å². The van der Waals surface area contributed by atoms with Gasteiger partial charge in [0.2, 0.25) is 0 Å². The number of aryl methyl sites for hydroxylation is 3. The molecule has 6 heteroatoms. The summed E-state index contributed by atoms with van der Waals surface area (Å²) < 4.78 is 2.80. The number of halogens is 1. The molecule has 1 N–H and O–H groups in total. The zero-order valence-corrected chi connectivity index (χ0v) is 17.4. The predicted octanol–water partition coefficient (Wildman–Crippen LogP) is 5.36. The lowest BCUT2D eigenvalue weighted by Crippen LogP contribution is -2.13. The molecule has 4 rings (SSSR count). The predicted molar refractivity (Wildman–Crippen MR) is 115 cm³/mol. The Balaban J connectivity index is 1.82. The van der Waals surface area contributed by atoms with Crippen molar-refractivity contribution in [1.29, 1.82) is 0 Å². The van der Waals surface area contributed by atoms with E-state index in [1.807, 2.05) is 75.4 Å². The van der Waals surface area contributed by atoms with Crippen LogP contribution in [0.5, 0.6) is 0 Å². The number of hydrogen-bond donors (Lipinski definition) is 1. The zero-order chi connectivity index (χ0) is 19.8. The molecule has 2 aromatic carbocycles. The number of pyridine rings is 1. The quantitative estimate of drug-likeness (QED) is 0.471. The minimum absolute atomic E-state index is 0.173. The fourth-order valence-corrected chi connectivity index (χ4v) is 3.51. The van der Waals surface area contributed by atoms with Crippen LogP contribution in [0.1, 0.15) is 27.3 Å². The normalized spacial score (nSPS) is 11.0. The Bertz CT molecular complexity index is 1200. The number of aromatic nitrogens is 3. The van der Waals surface area contributed by atoms with E-state index in [1.54, 1.807) is 4.68 Å². The molecule has 140 valence electrons. The number of hydrogen-bond acceptors (Lipinski definition) is 3. The lowest BCUT2D eigenvalue weighted by Gasteiger charge is -2.09. The molecule has 2 aromatic heterocycles. The van der Waals surface area contributed by atoms with Crippen molar-refractivity contribution in [3.63, 3.8) is 0 Å². The number of nitrogens with zero attached hydrogens (tertiary/aromatic N) is 3. The largest absolute Gasteiger partial charge is 0.322 e. The van der Waals surface area contributed by atoms with Crippen molar-refractivity contribution >= 4 is 38.6 Å². The van der Waals surface area contributed by atoms with Crippen LogP contribution in [0.3, 0.4) is 0 Å². The van der Waals surface area contributed by atoms with Gasteiger partial charge in [0.1, 0.15) is 0 Å². The Morgan fingerprint density at radius 2 is 1.79 bits per heavy atom. The van der Waals surface area contributed by atoms with E-state index in [4.69, 9.17) is 0 Å². The van der Waals surface area contributed by atoms with Crippen molar-refractivity contribution in [3.8, 4) is 5.69 Å². The molecule has 0 aliphatic carbocycles. The van der Waals surface area contributed by atoms with E-state index in [0.29, 0.717) is 11.2 Å². The maximum absolute atomic E-state index is 13.1. The van der Waals surface area contributed by atoms with Crippen molar-refractivity contribution in [3.05, 3.63) is 81.6 Å². The summed E-state index contributed by atoms with van der Waals surface area (Å²) in [5, 5.41) is 8.41. The first-order chi connectivity index (χ1) is 13.4. The second-order valence-electron chi connectivity index (χ2n) is 6.76. The molecule has 5 nitrogen and oxygen atoms in total. The number of fused-ring (bicyclic) bond motifs is 1. The second kappa shape index (κ2) is 7.20. The Morgan fingerprint density at radius 1 is 1.04 bits per heavy atom. The van der Waals surface area contributed by atoms with Gasteiger partial charge < -0.3 is 5.32 Å². The number of para-hydroxylation sites is 1. The fraction of sp³-hybridized carbons (Fsp3) is 0.136. The van der Waals surface area contributed by atoms with Gasteiger partial charge in [0.25, 0.3) is 5.91 Å². The van der Waals surface area contributed by atoms with E-state index >= 15 is 0 Å². The van der Waals surface area contributed by atoms with Gasteiger partial charge in [0, 0.05) is 15.9 Å². The molecular formula is C22H19BrN4O. The molecule has 0 spiro atoms. The minimum atomic E-state index is -0.173. The molecule has 28 heavy (non-hydrogen) atoms. The van der Waals surface area contributed by atoms with E-state index in [0.717, 1.165) is 38.2 Å². The van der Waals surface area contributed by atoms with Crippen LogP contribution in [0.25, 0.3) is 16.7 Å². The maximum Gasteiger partial charge on any atom is 0.256 e. The first kappa shape index (κ1) is 18.4. The summed E-state index contributed by atoms with van der Waals surface area (Å²) >= 11 is 3.49. The van der Waals surface area contributed by atoms with Crippen LogP contribution in [0.15, 0.2) is 59.1 Å². The second-order valence-corrected chi connectivity index (χ2v) is 7.61. The lowest BCUT2D eigenvalue weighted by molar-refractivity contribution is 0.102. The first-order valence-corrected chi connectivity index (χ1v) is 9.73. The van der Waals surface area contributed by atoms with Gasteiger partial charge in [-0.3, -0.25) is 4.79 Å². The Labute approximate surface area is 171 Å². The number of rotatable bonds is 3. The first-order valence-electron chi connectivity index (χ1n) is 8.94. The molecule has 0 fully saturated rings. The van der Waals surface area contributed by atoms with Gasteiger partial charge in [-0.1, -0.05) is 34.1 Å². The zero-order valence-electron chi connectivity index (χ0n) is 15.8. The van der Waals surface area contributed by atoms with E-state index < -0.39 is 0 Å². The van der Waals surface area contributed by atoms with Crippen LogP contribution in [0.2, 0.25) is 0 Å². The summed E-state index contributed by atoms with van der Waals surface area (Å²) in [5.41, 5.74) is 5.51. The van der Waals surface area contributed by atoms with E-state index in [2.05, 4.69) is 31.3 Å². The third kappa shape index (κ3) is 3.31. The number of carbonyl (C=O) groups is 1. The van der Waals surface area contributed by atoms with E-state index in [9.17, 15) is 4.79 Å². The number of anilines is 1. The van der Waals surface area contributed by atoms with Gasteiger partial charge in [0.15, 0.2) is 5.65 Å². The summed E-state index contributed by atoms with van der Waals surface area (Å²) in [6.45, 7) is 5.78. The number of nitrogens with one attached hydrogen (secondary N) is 1. The molecule has 2 heterocycles. The minimum Gasteiger partial charge on any atom is -0.322 e. The Hall–Kier alpha value is -2.99. The van der Waals surface area contributed by atoms with Crippen LogP contribution in [0, 0.1) is 20.8 Å². The molecule has 0 aliphatic rings. The van der Waals surface area contributed by atoms with Gasteiger partial charge in [-0.05, 0) is 62.7 Å². The maximum atomic E-state index is 13.1. The van der Waals surface area contributed by atoms with Crippen LogP contribution in [0.4, 0.5) is 5.69 Å². The molecule has 1 amide bonds. The smallest absolute Gasteiger partial charge is 0.256 e. The highest BCUT2D eigenvalue weighted by atomic mass is 79.9. The molecule has 0 radical (unpaired) electrons. The van der Waals surface area contributed by atoms with Crippen LogP contribution in [-0.4, -0.2) is 20.7 Å². The molecule has 0 unspecified atom stereocenters. The topological polar surface area (TPSA) is 59.8 Å². The summed E-state index contributed by atoms with van der Waals surface area (Å²) in [6.07, 6.45) is 0. The van der Waals surface area contributed by atoms with Gasteiger partial charge in [-0.25, -0.2) is 9.67 Å². The summed E-state index contributed by atoms with van der Waals surface area (Å²) in [5.74, 6) is -0.173. The Kier molecular flexibility index (Phi) is 4.73. The highest BCUT2D eigenvalue weighted by Crippen LogP contribution is 2.26. The van der Waals surface area contributed by atoms with Crippen LogP contribution in [-0.2, 0) is 0 Å². The monoisotopic (exact) mass is 434 g/mol. The third-order valence-electron chi connectivity index (χ3n) is 4.60. The molecule has 0 bridgehead atoms. The highest BCUT2D eigenvalue weighted by molar-refractivity contribution is 9.10. The summed E-state index contributed by atoms with van der Waals surface area (Å²) in [6, 6.07) is 17.4. The highest BCUT2D eigenvalue weighted by Gasteiger charge is 2.19. The van der Waals surface area contributed by atoms with Crippen LogP contribution < -0.4 is 5.32 Å². The standard InChI is InChI=1S/C22H19BrN4O/c1-13-11-16(9-10-19(13)23)25-22(28)18-12-14(2)24-21-20(18)15(3)26-27(21)17-7-5-4-6-8-17/h4-12H,1-3H3,(H,25,28). The Morgan fingerprint density at radius 3 is 2.50 bits per heavy atom. The van der Waals surface area contributed by atoms with Crippen molar-refractivity contribution in [2.75, 3.05) is 5.32 Å². The van der Waals surface area contributed by atoms with Gasteiger partial charge >= 0.3 is 0 Å². The molecule has 0 aliphatic heterocycles. The number of carbonyl (C=O) groups excluding carboxylic acids is 1. The van der Waals surface area contributed by atoms with Gasteiger partial charge in [-0.2, -0.15) is 5.10 Å². The SMILES string of the molecule is Cc1cc(C(=O)Nc2ccc(Br)c(C)c2)c2c(C)nn(-c3ccccc3)c2n1. The molecule has 4 aromatic rings. The van der Waals surface area contributed by atoms with Crippen molar-refractivity contribution < 1.29 is 4.79 Å². The van der Waals surface area contributed by atoms with Crippen molar-refractivity contribution in [1.82, 2.24) is 14.8 Å². The summed E-state index contributed by atoms with van der Waals surface area (Å²) in [7, 11) is 0. The number of benzene rings is 2. The lowest BCUT2D eigenvalue weighted by atomic mass is 10.1. The van der Waals surface area contributed by atoms with Crippen molar-refractivity contribution in [2.45, 2.75) is 20.8 Å². The summed E-state index contributed by atoms with van der Waals surface area (Å²) in [4.78, 5) is 17.7. The number of amides is 1. The van der Waals surface area contributed by atoms with E-state index in [-0.39, 0.29) is 5.91 Å². The van der Waals surface area contributed by atoms with Crippen LogP contribution >= 0.6 is 15.9 Å². The average molecular weight is 435 g/mol. The van der Waals surface area contributed by atoms with Gasteiger partial charge in [-0.15, -0.1) is 0 Å². The molecule has 0 saturated carbocycles. The molecular weight excluding hydrogens is 416 g/mol. The van der Waals surface area contributed by atoms with Crippen molar-refractivity contribution in [2.24, 2.45) is 0 Å². The third-order valence-corrected chi connectivity index (χ3v) is 5.49. The average Bonchev–Trinajstić information content (AvgIpc) is 3.01. The fourth-order valence-electron chi connectivity index (χ4n) is 3.26.